The van der Waals surface area contributed by atoms with Gasteiger partial charge in [0.05, 0.1) is 17.4 Å². The third-order valence-electron chi connectivity index (χ3n) is 3.36. The lowest BCUT2D eigenvalue weighted by atomic mass is 10.1. The molecular formula is C18H16N2O. The van der Waals surface area contributed by atoms with Gasteiger partial charge in [-0.1, -0.05) is 48.5 Å². The van der Waals surface area contributed by atoms with Crippen molar-refractivity contribution in [2.75, 3.05) is 5.32 Å². The Morgan fingerprint density at radius 3 is 2.62 bits per heavy atom. The summed E-state index contributed by atoms with van der Waals surface area (Å²) in [6.45, 7) is 0. The maximum Gasteiger partial charge on any atom is 0.224 e. The Bertz CT molecular complexity index is 753. The summed E-state index contributed by atoms with van der Waals surface area (Å²) in [6, 6.07) is 19.8. The van der Waals surface area contributed by atoms with Gasteiger partial charge in [0.25, 0.3) is 0 Å². The minimum Gasteiger partial charge on any atom is -0.325 e. The van der Waals surface area contributed by atoms with Crippen LogP contribution in [0.5, 0.6) is 0 Å². The Labute approximate surface area is 123 Å². The normalized spacial score (nSPS) is 10.5. The summed E-state index contributed by atoms with van der Waals surface area (Å²) in [4.78, 5) is 16.3. The molecule has 1 N–H and O–H groups in total. The highest BCUT2D eigenvalue weighted by Crippen LogP contribution is 2.16. The Morgan fingerprint density at radius 2 is 1.76 bits per heavy atom. The molecule has 0 radical (unpaired) electrons. The molecule has 1 heterocycles. The number of carbonyl (C=O) groups is 1. The summed E-state index contributed by atoms with van der Waals surface area (Å²) < 4.78 is 0. The molecule has 3 nitrogen and oxygen atoms in total. The van der Waals surface area contributed by atoms with Crippen molar-refractivity contribution in [3.8, 4) is 0 Å². The first-order valence-electron chi connectivity index (χ1n) is 7.00. The first-order chi connectivity index (χ1) is 10.3. The minimum absolute atomic E-state index is 0.0101. The van der Waals surface area contributed by atoms with Crippen LogP contribution in [0.1, 0.15) is 12.0 Å². The largest absolute Gasteiger partial charge is 0.325 e. The maximum absolute atomic E-state index is 12.0. The third-order valence-corrected chi connectivity index (χ3v) is 3.36. The molecule has 0 atom stereocenters. The number of carbonyl (C=O) groups excluding carboxylic acids is 1. The fourth-order valence-electron chi connectivity index (χ4n) is 2.27. The monoisotopic (exact) mass is 276 g/mol. The summed E-state index contributed by atoms with van der Waals surface area (Å²) >= 11 is 0. The topological polar surface area (TPSA) is 42.0 Å². The number of hydrogen-bond acceptors (Lipinski definition) is 2. The van der Waals surface area contributed by atoms with E-state index in [4.69, 9.17) is 0 Å². The first kappa shape index (κ1) is 13.3. The SMILES string of the molecule is O=C(CCc1ccccc1)Nc1cnc2ccccc2c1. The van der Waals surface area contributed by atoms with E-state index in [0.717, 1.165) is 23.0 Å². The van der Waals surface area contributed by atoms with Crippen molar-refractivity contribution < 1.29 is 4.79 Å². The van der Waals surface area contributed by atoms with Gasteiger partial charge in [0.15, 0.2) is 0 Å². The highest BCUT2D eigenvalue weighted by Gasteiger charge is 2.04. The summed E-state index contributed by atoms with van der Waals surface area (Å²) in [7, 11) is 0. The minimum atomic E-state index is 0.0101. The number of nitrogens with zero attached hydrogens (tertiary/aromatic N) is 1. The molecule has 3 heteroatoms. The highest BCUT2D eigenvalue weighted by atomic mass is 16.1. The summed E-state index contributed by atoms with van der Waals surface area (Å²) in [5.74, 6) is 0.0101. The van der Waals surface area contributed by atoms with Crippen LogP contribution in [-0.4, -0.2) is 10.9 Å². The van der Waals surface area contributed by atoms with Crippen molar-refractivity contribution >= 4 is 22.5 Å². The smallest absolute Gasteiger partial charge is 0.224 e. The van der Waals surface area contributed by atoms with Crippen molar-refractivity contribution in [2.45, 2.75) is 12.8 Å². The van der Waals surface area contributed by atoms with Crippen molar-refractivity contribution in [3.05, 3.63) is 72.4 Å². The van der Waals surface area contributed by atoms with Gasteiger partial charge >= 0.3 is 0 Å². The number of benzene rings is 2. The fraction of sp³-hybridized carbons (Fsp3) is 0.111. The number of pyridine rings is 1. The Kier molecular flexibility index (Phi) is 3.92. The van der Waals surface area contributed by atoms with E-state index < -0.39 is 0 Å². The summed E-state index contributed by atoms with van der Waals surface area (Å²) in [6.07, 6.45) is 2.91. The van der Waals surface area contributed by atoms with E-state index in [9.17, 15) is 4.79 Å². The molecule has 1 amide bonds. The molecule has 0 aliphatic heterocycles. The number of nitrogens with one attached hydrogen (secondary N) is 1. The number of aryl methyl sites for hydroxylation is 1. The first-order valence-corrected chi connectivity index (χ1v) is 7.00. The molecule has 3 rings (SSSR count). The summed E-state index contributed by atoms with van der Waals surface area (Å²) in [5, 5.41) is 3.93. The third kappa shape index (κ3) is 3.45. The second-order valence-corrected chi connectivity index (χ2v) is 4.95. The van der Waals surface area contributed by atoms with Crippen LogP contribution in [-0.2, 0) is 11.2 Å². The highest BCUT2D eigenvalue weighted by molar-refractivity contribution is 5.93. The molecule has 0 saturated heterocycles. The van der Waals surface area contributed by atoms with Crippen LogP contribution in [0, 0.1) is 0 Å². The lowest BCUT2D eigenvalue weighted by Gasteiger charge is -2.06. The number of aromatic nitrogens is 1. The van der Waals surface area contributed by atoms with Crippen molar-refractivity contribution in [3.63, 3.8) is 0 Å². The molecule has 0 saturated carbocycles. The lowest BCUT2D eigenvalue weighted by molar-refractivity contribution is -0.116. The van der Waals surface area contributed by atoms with E-state index in [1.54, 1.807) is 6.20 Å². The van der Waals surface area contributed by atoms with Crippen molar-refractivity contribution in [2.24, 2.45) is 0 Å². The molecule has 0 fully saturated rings. The number of anilines is 1. The van der Waals surface area contributed by atoms with Crippen molar-refractivity contribution in [1.82, 2.24) is 4.98 Å². The maximum atomic E-state index is 12.0. The average molecular weight is 276 g/mol. The van der Waals surface area contributed by atoms with Crippen LogP contribution in [0.25, 0.3) is 10.9 Å². The van der Waals surface area contributed by atoms with E-state index in [-0.39, 0.29) is 5.91 Å². The zero-order valence-corrected chi connectivity index (χ0v) is 11.6. The van der Waals surface area contributed by atoms with Gasteiger partial charge in [0.1, 0.15) is 0 Å². The average Bonchev–Trinajstić information content (AvgIpc) is 2.54. The van der Waals surface area contributed by atoms with Crippen LogP contribution in [0.15, 0.2) is 66.9 Å². The second-order valence-electron chi connectivity index (χ2n) is 4.95. The van der Waals surface area contributed by atoms with E-state index in [2.05, 4.69) is 10.3 Å². The predicted octanol–water partition coefficient (Wildman–Crippen LogP) is 3.81. The summed E-state index contributed by atoms with van der Waals surface area (Å²) in [5.41, 5.74) is 2.84. The number of hydrogen-bond donors (Lipinski definition) is 1. The Morgan fingerprint density at radius 1 is 1.00 bits per heavy atom. The molecule has 0 unspecified atom stereocenters. The van der Waals surface area contributed by atoms with Crippen molar-refractivity contribution in [1.29, 1.82) is 0 Å². The van der Waals surface area contributed by atoms with Crippen LogP contribution >= 0.6 is 0 Å². The molecular weight excluding hydrogens is 260 g/mol. The molecule has 21 heavy (non-hydrogen) atoms. The van der Waals surface area contributed by atoms with E-state index in [0.29, 0.717) is 6.42 Å². The molecule has 104 valence electrons. The predicted molar refractivity (Wildman–Crippen MR) is 85.1 cm³/mol. The standard InChI is InChI=1S/C18H16N2O/c21-18(11-10-14-6-2-1-3-7-14)20-16-12-15-8-4-5-9-17(15)19-13-16/h1-9,12-13H,10-11H2,(H,20,21). The Hall–Kier alpha value is -2.68. The van der Waals surface area contributed by atoms with Crippen LogP contribution < -0.4 is 5.32 Å². The van der Waals surface area contributed by atoms with Gasteiger partial charge < -0.3 is 5.32 Å². The number of fused-ring (bicyclic) bond motifs is 1. The van der Waals surface area contributed by atoms with Gasteiger partial charge in [-0.05, 0) is 24.1 Å². The van der Waals surface area contributed by atoms with Gasteiger partial charge in [-0.15, -0.1) is 0 Å². The molecule has 0 aliphatic rings. The van der Waals surface area contributed by atoms with Crippen LogP contribution in [0.4, 0.5) is 5.69 Å². The van der Waals surface area contributed by atoms with Gasteiger partial charge in [0.2, 0.25) is 5.91 Å². The molecule has 2 aromatic carbocycles. The van der Waals surface area contributed by atoms with E-state index in [1.807, 2.05) is 60.7 Å². The molecule has 0 bridgehead atoms. The number of amides is 1. The van der Waals surface area contributed by atoms with Gasteiger partial charge in [-0.2, -0.15) is 0 Å². The van der Waals surface area contributed by atoms with Gasteiger partial charge in [-0.25, -0.2) is 0 Å². The zero-order valence-electron chi connectivity index (χ0n) is 11.6. The Balaban J connectivity index is 1.63. The number of rotatable bonds is 4. The van der Waals surface area contributed by atoms with E-state index >= 15 is 0 Å². The quantitative estimate of drug-likeness (QED) is 0.787. The molecule has 1 aromatic heterocycles. The lowest BCUT2D eigenvalue weighted by Crippen LogP contribution is -2.12. The second kappa shape index (κ2) is 6.18. The zero-order chi connectivity index (χ0) is 14.5. The van der Waals surface area contributed by atoms with Gasteiger partial charge in [0, 0.05) is 11.8 Å². The molecule has 3 aromatic rings. The molecule has 0 aliphatic carbocycles. The molecule has 0 spiro atoms. The van der Waals surface area contributed by atoms with Crippen LogP contribution in [0.3, 0.4) is 0 Å². The van der Waals surface area contributed by atoms with Crippen LogP contribution in [0.2, 0.25) is 0 Å². The number of para-hydroxylation sites is 1. The van der Waals surface area contributed by atoms with Gasteiger partial charge in [-0.3, -0.25) is 9.78 Å². The fourth-order valence-corrected chi connectivity index (χ4v) is 2.27. The van der Waals surface area contributed by atoms with E-state index in [1.165, 1.54) is 5.56 Å².